The van der Waals surface area contributed by atoms with E-state index in [4.69, 9.17) is 30.8 Å². The maximum Gasteiger partial charge on any atom is 0.318 e. The molecule has 11 nitrogen and oxygen atoms in total. The molecule has 0 N–H and O–H groups in total. The molecule has 9 rings (SSSR count). The van der Waals surface area contributed by atoms with E-state index in [0.29, 0.717) is 38.8 Å². The van der Waals surface area contributed by atoms with Crippen molar-refractivity contribution in [1.82, 2.24) is 19.8 Å². The van der Waals surface area contributed by atoms with Crippen molar-refractivity contribution in [3.05, 3.63) is 184 Å². The van der Waals surface area contributed by atoms with Crippen molar-refractivity contribution in [2.75, 3.05) is 76.4 Å². The fourth-order valence-corrected chi connectivity index (χ4v) is 10.0. The number of hydrogen-bond donors (Lipinski definition) is 0. The van der Waals surface area contributed by atoms with Crippen molar-refractivity contribution in [2.45, 2.75) is 50.1 Å². The highest BCUT2D eigenvalue weighted by Crippen LogP contribution is 2.41. The zero-order valence-corrected chi connectivity index (χ0v) is 37.6. The monoisotopic (exact) mass is 867 g/mol. The number of likely N-dealkylation sites (N-methyl/N-ethyl adjacent to an activating group) is 1. The molecule has 0 radical (unpaired) electrons. The molecule has 0 bridgehead atoms. The molecular formula is C54H57N7O4. The van der Waals surface area contributed by atoms with Gasteiger partial charge in [-0.05, 0) is 60.5 Å². The number of likely N-dealkylation sites (tertiary alicyclic amines) is 1. The Morgan fingerprint density at radius 3 is 2.14 bits per heavy atom. The van der Waals surface area contributed by atoms with E-state index >= 15 is 0 Å². The molecule has 2 saturated heterocycles. The molecule has 0 aliphatic carbocycles. The van der Waals surface area contributed by atoms with Crippen molar-refractivity contribution >= 4 is 28.2 Å². The number of aromatic nitrogens is 2. The minimum atomic E-state index is -0.904. The number of methoxy groups -OCH3 is 1. The summed E-state index contributed by atoms with van der Waals surface area (Å²) in [6, 6.07) is 43.8. The van der Waals surface area contributed by atoms with Gasteiger partial charge in [-0.25, -0.2) is 6.57 Å². The predicted molar refractivity (Wildman–Crippen MR) is 256 cm³/mol. The minimum Gasteiger partial charge on any atom is -0.462 e. The number of anilines is 2. The maximum absolute atomic E-state index is 14.1. The molecule has 5 aromatic carbocycles. The molecule has 3 aliphatic heterocycles. The molecule has 0 saturated carbocycles. The third-order valence-electron chi connectivity index (χ3n) is 13.4. The van der Waals surface area contributed by atoms with E-state index in [-0.39, 0.29) is 37.2 Å². The van der Waals surface area contributed by atoms with E-state index in [2.05, 4.69) is 106 Å². The number of benzene rings is 5. The first-order valence-corrected chi connectivity index (χ1v) is 22.7. The second-order valence-electron chi connectivity index (χ2n) is 17.3. The highest BCUT2D eigenvalue weighted by molar-refractivity contribution is 5.97. The van der Waals surface area contributed by atoms with Gasteiger partial charge in [0.05, 0.1) is 24.9 Å². The first-order valence-electron chi connectivity index (χ1n) is 22.7. The number of aryl methyl sites for hydroxylation is 1. The van der Waals surface area contributed by atoms with Gasteiger partial charge in [-0.15, -0.1) is 0 Å². The van der Waals surface area contributed by atoms with Crippen LogP contribution in [-0.4, -0.2) is 111 Å². The zero-order valence-electron chi connectivity index (χ0n) is 37.6. The van der Waals surface area contributed by atoms with E-state index in [0.717, 1.165) is 59.7 Å². The van der Waals surface area contributed by atoms with E-state index in [1.54, 1.807) is 19.3 Å². The molecule has 0 spiro atoms. The van der Waals surface area contributed by atoms with Gasteiger partial charge in [0.15, 0.2) is 0 Å². The number of fused-ring (bicyclic) bond motifs is 2. The fraction of sp³-hybridized carbons (Fsp3) is 0.333. The molecule has 1 aromatic heterocycles. The van der Waals surface area contributed by atoms with Crippen LogP contribution in [0, 0.1) is 13.5 Å². The van der Waals surface area contributed by atoms with Crippen LogP contribution in [0.15, 0.2) is 140 Å². The Morgan fingerprint density at radius 1 is 0.815 bits per heavy atom. The summed E-state index contributed by atoms with van der Waals surface area (Å²) < 4.78 is 19.1. The number of piperazine rings is 1. The number of carbonyl (C=O) groups is 1. The van der Waals surface area contributed by atoms with E-state index in [9.17, 15) is 4.79 Å². The Labute approximate surface area is 382 Å². The normalized spacial score (nSPS) is 19.1. The summed E-state index contributed by atoms with van der Waals surface area (Å²) in [6.45, 7) is 14.6. The minimum absolute atomic E-state index is 0.142. The molecule has 332 valence electrons. The smallest absolute Gasteiger partial charge is 0.318 e. The lowest BCUT2D eigenvalue weighted by Gasteiger charge is -2.41. The van der Waals surface area contributed by atoms with Crippen LogP contribution in [0.25, 0.3) is 15.6 Å². The average molecular weight is 868 g/mol. The summed E-state index contributed by atoms with van der Waals surface area (Å²) in [6.07, 6.45) is 5.20. The van der Waals surface area contributed by atoms with Crippen LogP contribution in [0.2, 0.25) is 0 Å². The van der Waals surface area contributed by atoms with Crippen LogP contribution in [0.1, 0.15) is 39.9 Å². The molecule has 65 heavy (non-hydrogen) atoms. The van der Waals surface area contributed by atoms with Crippen molar-refractivity contribution < 1.29 is 19.0 Å². The predicted octanol–water partition coefficient (Wildman–Crippen LogP) is 8.10. The third kappa shape index (κ3) is 9.07. The Balaban J connectivity index is 0.957. The Kier molecular flexibility index (Phi) is 13.2. The first-order chi connectivity index (χ1) is 31.9. The van der Waals surface area contributed by atoms with Gasteiger partial charge in [0, 0.05) is 68.6 Å². The third-order valence-corrected chi connectivity index (χ3v) is 13.4. The van der Waals surface area contributed by atoms with E-state index in [1.807, 2.05) is 59.5 Å². The second-order valence-corrected chi connectivity index (χ2v) is 17.3. The van der Waals surface area contributed by atoms with Gasteiger partial charge >= 0.3 is 6.01 Å². The number of hydrogen-bond acceptors (Lipinski definition) is 9. The number of amides is 1. The lowest BCUT2D eigenvalue weighted by molar-refractivity contribution is -0.128. The number of nitrogens with zero attached hydrogens (tertiary/aromatic N) is 7. The summed E-state index contributed by atoms with van der Waals surface area (Å²) in [4.78, 5) is 37.0. The molecule has 11 heteroatoms. The fourth-order valence-electron chi connectivity index (χ4n) is 10.0. The van der Waals surface area contributed by atoms with Gasteiger partial charge in [-0.3, -0.25) is 9.69 Å². The topological polar surface area (TPSA) is 87.9 Å². The summed E-state index contributed by atoms with van der Waals surface area (Å²) in [5, 5.41) is 2.48. The molecule has 3 aliphatic rings. The van der Waals surface area contributed by atoms with E-state index in [1.165, 1.54) is 22.0 Å². The standard InChI is InChI=1S/C54H57N7O4/c1-39-17-14-18-40-19-15-26-49(51(39)40)59-29-28-47-48(37-59)56-53(64-38-44-33-46(63-4)36-58(44)3)57-52(47)60-30-31-61(45(35-60)34-55-2)50(62)27-16-32-65-54(41-20-8-5-9-21-41,42-22-10-6-11-23-42)43-24-12-7-13-25-43/h5-27,44-46H,28-38H2,1,3-4H3/b27-16+/t44-,45+,46-/m1/s1. The van der Waals surface area contributed by atoms with Gasteiger partial charge in [-0.1, -0.05) is 127 Å². The first kappa shape index (κ1) is 43.7. The lowest BCUT2D eigenvalue weighted by atomic mass is 9.80. The Morgan fingerprint density at radius 2 is 1.49 bits per heavy atom. The van der Waals surface area contributed by atoms with Crippen molar-refractivity contribution in [1.29, 1.82) is 0 Å². The van der Waals surface area contributed by atoms with Crippen LogP contribution < -0.4 is 14.5 Å². The summed E-state index contributed by atoms with van der Waals surface area (Å²) in [7, 11) is 3.86. The van der Waals surface area contributed by atoms with Crippen LogP contribution in [0.4, 0.5) is 11.5 Å². The van der Waals surface area contributed by atoms with Gasteiger partial charge in [-0.2, -0.15) is 9.97 Å². The molecule has 3 atom stereocenters. The highest BCUT2D eigenvalue weighted by atomic mass is 16.5. The maximum atomic E-state index is 14.1. The van der Waals surface area contributed by atoms with Gasteiger partial charge in [0.25, 0.3) is 0 Å². The number of rotatable bonds is 14. The van der Waals surface area contributed by atoms with Crippen LogP contribution >= 0.6 is 0 Å². The largest absolute Gasteiger partial charge is 0.462 e. The summed E-state index contributed by atoms with van der Waals surface area (Å²) in [5.41, 5.74) is 6.55. The van der Waals surface area contributed by atoms with Crippen molar-refractivity contribution in [2.24, 2.45) is 0 Å². The zero-order chi connectivity index (χ0) is 44.8. The quantitative estimate of drug-likeness (QED) is 0.0613. The highest BCUT2D eigenvalue weighted by Gasteiger charge is 2.38. The average Bonchev–Trinajstić information content (AvgIpc) is 3.72. The van der Waals surface area contributed by atoms with Crippen LogP contribution in [0.5, 0.6) is 6.01 Å². The summed E-state index contributed by atoms with van der Waals surface area (Å²) in [5.74, 6) is 0.690. The number of ether oxygens (including phenoxy) is 3. The SMILES string of the molecule is [C-]#[N+]C[C@H]1CN(c2nc(OC[C@H]3C[C@@H](OC)CN3C)nc3c2CCN(c2cccc4cccc(C)c24)C3)CCN1C(=O)/C=C/COC(c1ccccc1)(c1ccccc1)c1ccccc1. The van der Waals surface area contributed by atoms with E-state index < -0.39 is 5.60 Å². The van der Waals surface area contributed by atoms with Gasteiger partial charge in [0.2, 0.25) is 12.5 Å². The number of carbonyl (C=O) groups excluding carboxylic acids is 1. The molecule has 4 heterocycles. The molecule has 6 aromatic rings. The van der Waals surface area contributed by atoms with Crippen LogP contribution in [-0.2, 0) is 32.8 Å². The van der Waals surface area contributed by atoms with Gasteiger partial charge < -0.3 is 33.8 Å². The molecule has 1 amide bonds. The Bertz CT molecular complexity index is 2550. The Hall–Kier alpha value is -6.58. The molecular weight excluding hydrogens is 811 g/mol. The van der Waals surface area contributed by atoms with Crippen LogP contribution in [0.3, 0.4) is 0 Å². The molecule has 0 unspecified atom stereocenters. The van der Waals surface area contributed by atoms with Crippen molar-refractivity contribution in [3.8, 4) is 6.01 Å². The summed E-state index contributed by atoms with van der Waals surface area (Å²) >= 11 is 0. The lowest BCUT2D eigenvalue weighted by Crippen LogP contribution is -2.56. The second kappa shape index (κ2) is 19.7. The van der Waals surface area contributed by atoms with Gasteiger partial charge in [0.1, 0.15) is 24.1 Å². The molecule has 2 fully saturated rings. The van der Waals surface area contributed by atoms with Crippen molar-refractivity contribution in [3.63, 3.8) is 0 Å².